The van der Waals surface area contributed by atoms with Crippen molar-refractivity contribution in [2.75, 3.05) is 0 Å². The van der Waals surface area contributed by atoms with E-state index in [1.54, 1.807) is 0 Å². The van der Waals surface area contributed by atoms with Gasteiger partial charge in [0.25, 0.3) is 0 Å². The lowest BCUT2D eigenvalue weighted by Crippen LogP contribution is -2.46. The van der Waals surface area contributed by atoms with Gasteiger partial charge in [0.15, 0.2) is 0 Å². The van der Waals surface area contributed by atoms with E-state index in [4.69, 9.17) is 4.74 Å². The molecule has 3 nitrogen and oxygen atoms in total. The Morgan fingerprint density at radius 2 is 1.94 bits per heavy atom. The van der Waals surface area contributed by atoms with Crippen molar-refractivity contribution in [2.45, 2.75) is 59.1 Å². The third-order valence-corrected chi connectivity index (χ3v) is 5.32. The summed E-state index contributed by atoms with van der Waals surface area (Å²) in [5, 5.41) is 3.10. The summed E-state index contributed by atoms with van der Waals surface area (Å²) in [4.78, 5) is 11.8. The van der Waals surface area contributed by atoms with E-state index >= 15 is 0 Å². The number of rotatable bonds is 2. The third-order valence-electron chi connectivity index (χ3n) is 5.32. The molecule has 1 amide bonds. The largest absolute Gasteiger partial charge is 0.444 e. The van der Waals surface area contributed by atoms with Crippen LogP contribution in [0, 0.1) is 29.1 Å². The van der Waals surface area contributed by atoms with E-state index in [9.17, 15) is 4.79 Å². The van der Waals surface area contributed by atoms with E-state index in [0.29, 0.717) is 11.5 Å². The minimum Gasteiger partial charge on any atom is -0.444 e. The lowest BCUT2D eigenvalue weighted by Gasteiger charge is -2.35. The van der Waals surface area contributed by atoms with Crippen LogP contribution in [0.1, 0.15) is 47.5 Å². The lowest BCUT2D eigenvalue weighted by molar-refractivity contribution is 0.0449. The number of amides is 1. The molecule has 3 fully saturated rings. The Morgan fingerprint density at radius 1 is 1.28 bits per heavy atom. The van der Waals surface area contributed by atoms with E-state index in [0.717, 1.165) is 30.1 Å². The van der Waals surface area contributed by atoms with Crippen molar-refractivity contribution in [1.29, 1.82) is 0 Å². The van der Waals surface area contributed by atoms with E-state index < -0.39 is 5.60 Å². The number of ether oxygens (including phenoxy) is 1. The molecule has 1 N–H and O–H groups in total. The standard InChI is InChI=1S/C15H25NO2/c1-8(2)15-9-6-7-10(12(15)11(9)15)16-13(17)18-14(3,4)5/h8-12H,6-7H2,1-5H3,(H,16,17)/t9?,10?,11-,12?,15-/m0/s1. The molecule has 0 aliphatic heterocycles. The zero-order valence-corrected chi connectivity index (χ0v) is 12.1. The Bertz CT molecular complexity index is 384. The van der Waals surface area contributed by atoms with Crippen molar-refractivity contribution in [1.82, 2.24) is 5.32 Å². The van der Waals surface area contributed by atoms with E-state index in [1.165, 1.54) is 6.42 Å². The first-order valence-electron chi connectivity index (χ1n) is 7.28. The molecule has 0 aromatic carbocycles. The molecule has 0 heterocycles. The Morgan fingerprint density at radius 3 is 2.44 bits per heavy atom. The first-order valence-corrected chi connectivity index (χ1v) is 7.28. The number of carbonyl (C=O) groups is 1. The van der Waals surface area contributed by atoms with Crippen molar-refractivity contribution >= 4 is 6.09 Å². The van der Waals surface area contributed by atoms with Gasteiger partial charge in [0.05, 0.1) is 0 Å². The molecule has 3 heteroatoms. The normalized spacial score (nSPS) is 44.3. The predicted molar refractivity (Wildman–Crippen MR) is 70.1 cm³/mol. The average Bonchev–Trinajstić information content (AvgIpc) is 3.01. The van der Waals surface area contributed by atoms with Crippen molar-refractivity contribution in [2.24, 2.45) is 29.1 Å². The summed E-state index contributed by atoms with van der Waals surface area (Å²) in [5.41, 5.74) is 0.196. The zero-order chi connectivity index (χ0) is 13.3. The van der Waals surface area contributed by atoms with Gasteiger partial charge in [0, 0.05) is 6.04 Å². The fraction of sp³-hybridized carbons (Fsp3) is 0.933. The number of hydrogen-bond donors (Lipinski definition) is 1. The Kier molecular flexibility index (Phi) is 2.34. The molecular formula is C15H25NO2. The van der Waals surface area contributed by atoms with Crippen molar-refractivity contribution in [3.63, 3.8) is 0 Å². The van der Waals surface area contributed by atoms with Crippen LogP contribution in [-0.4, -0.2) is 17.7 Å². The van der Waals surface area contributed by atoms with Gasteiger partial charge in [-0.25, -0.2) is 4.79 Å². The van der Waals surface area contributed by atoms with Crippen LogP contribution in [0.3, 0.4) is 0 Å². The minimum absolute atomic E-state index is 0.240. The van der Waals surface area contributed by atoms with Crippen LogP contribution in [0.25, 0.3) is 0 Å². The molecular weight excluding hydrogens is 226 g/mol. The van der Waals surface area contributed by atoms with E-state index in [1.807, 2.05) is 20.8 Å². The second kappa shape index (κ2) is 3.43. The number of alkyl carbamates (subject to hydrolysis) is 1. The number of carbonyl (C=O) groups excluding carboxylic acids is 1. The maximum atomic E-state index is 11.8. The molecule has 0 saturated heterocycles. The lowest BCUT2D eigenvalue weighted by atomic mass is 9.75. The third kappa shape index (κ3) is 1.52. The Hall–Kier alpha value is -0.730. The van der Waals surface area contributed by atoms with Crippen LogP contribution in [0.4, 0.5) is 4.79 Å². The van der Waals surface area contributed by atoms with Gasteiger partial charge < -0.3 is 10.1 Å². The summed E-state index contributed by atoms with van der Waals surface area (Å²) < 4.78 is 5.36. The SMILES string of the molecule is CC(C)[C@@]12C3CCC(NC(=O)OC(C)(C)C)C1[C@H]32. The maximum Gasteiger partial charge on any atom is 0.407 e. The number of fused-ring (bicyclic) bond motifs is 2. The molecule has 3 saturated carbocycles. The molecule has 18 heavy (non-hydrogen) atoms. The van der Waals surface area contributed by atoms with Gasteiger partial charge in [-0.2, -0.15) is 0 Å². The topological polar surface area (TPSA) is 38.3 Å². The second-order valence-corrected chi connectivity index (χ2v) is 7.64. The summed E-state index contributed by atoms with van der Waals surface area (Å²) in [6.07, 6.45) is 2.19. The molecule has 5 atom stereocenters. The Balaban J connectivity index is 1.58. The van der Waals surface area contributed by atoms with Gasteiger partial charge in [0.1, 0.15) is 5.60 Å². The van der Waals surface area contributed by atoms with Crippen LogP contribution in [-0.2, 0) is 4.74 Å². The van der Waals surface area contributed by atoms with Gasteiger partial charge in [-0.05, 0) is 62.7 Å². The molecule has 3 rings (SSSR count). The summed E-state index contributed by atoms with van der Waals surface area (Å²) in [7, 11) is 0. The van der Waals surface area contributed by atoms with Crippen LogP contribution in [0.5, 0.6) is 0 Å². The fourth-order valence-electron chi connectivity index (χ4n) is 4.78. The number of hydrogen-bond acceptors (Lipinski definition) is 2. The molecule has 102 valence electrons. The van der Waals surface area contributed by atoms with Crippen LogP contribution >= 0.6 is 0 Å². The van der Waals surface area contributed by atoms with Crippen molar-refractivity contribution in [3.8, 4) is 0 Å². The summed E-state index contributed by atoms with van der Waals surface area (Å²) in [6.45, 7) is 10.4. The predicted octanol–water partition coefficient (Wildman–Crippen LogP) is 3.19. The molecule has 3 unspecified atom stereocenters. The monoisotopic (exact) mass is 251 g/mol. The van der Waals surface area contributed by atoms with Crippen LogP contribution in [0.2, 0.25) is 0 Å². The highest BCUT2D eigenvalue weighted by Gasteiger charge is 2.89. The minimum atomic E-state index is -0.399. The van der Waals surface area contributed by atoms with Gasteiger partial charge >= 0.3 is 6.09 Å². The summed E-state index contributed by atoms with van der Waals surface area (Å²) >= 11 is 0. The smallest absolute Gasteiger partial charge is 0.407 e. The van der Waals surface area contributed by atoms with Crippen LogP contribution < -0.4 is 5.32 Å². The summed E-state index contributed by atoms with van der Waals surface area (Å²) in [6, 6.07) is 0.359. The van der Waals surface area contributed by atoms with Gasteiger partial charge in [-0.3, -0.25) is 0 Å². The zero-order valence-electron chi connectivity index (χ0n) is 12.1. The fourth-order valence-corrected chi connectivity index (χ4v) is 4.78. The first-order chi connectivity index (χ1) is 8.28. The number of nitrogens with one attached hydrogen (secondary N) is 1. The first kappa shape index (κ1) is 12.3. The van der Waals surface area contributed by atoms with Crippen molar-refractivity contribution in [3.05, 3.63) is 0 Å². The molecule has 3 aliphatic carbocycles. The van der Waals surface area contributed by atoms with Crippen LogP contribution in [0.15, 0.2) is 0 Å². The van der Waals surface area contributed by atoms with E-state index in [2.05, 4.69) is 19.2 Å². The molecule has 0 bridgehead atoms. The molecule has 0 spiro atoms. The van der Waals surface area contributed by atoms with Gasteiger partial charge in [0.2, 0.25) is 0 Å². The van der Waals surface area contributed by atoms with E-state index in [-0.39, 0.29) is 6.09 Å². The quantitative estimate of drug-likeness (QED) is 0.818. The molecule has 0 aromatic heterocycles. The van der Waals surface area contributed by atoms with Gasteiger partial charge in [-0.15, -0.1) is 0 Å². The highest BCUT2D eigenvalue weighted by Crippen LogP contribution is 2.91. The molecule has 0 radical (unpaired) electrons. The highest BCUT2D eigenvalue weighted by molar-refractivity contribution is 5.68. The molecule has 3 aliphatic rings. The van der Waals surface area contributed by atoms with Crippen molar-refractivity contribution < 1.29 is 9.53 Å². The Labute approximate surface area is 110 Å². The maximum absolute atomic E-state index is 11.8. The summed E-state index contributed by atoms with van der Waals surface area (Å²) in [5.74, 6) is 3.38. The molecule has 0 aromatic rings. The average molecular weight is 251 g/mol. The second-order valence-electron chi connectivity index (χ2n) is 7.64. The highest BCUT2D eigenvalue weighted by atomic mass is 16.6. The van der Waals surface area contributed by atoms with Gasteiger partial charge in [-0.1, -0.05) is 13.8 Å².